The minimum Gasteiger partial charge on any atom is -0.461 e. The molecule has 0 atom stereocenters. The van der Waals surface area contributed by atoms with Gasteiger partial charge in [-0.2, -0.15) is 0 Å². The maximum absolute atomic E-state index is 12.8. The molecule has 0 aliphatic carbocycles. The van der Waals surface area contributed by atoms with Crippen molar-refractivity contribution in [2.75, 3.05) is 5.75 Å². The number of carbonyl (C=O) groups excluding carboxylic acids is 1. The van der Waals surface area contributed by atoms with Gasteiger partial charge in [0.25, 0.3) is 0 Å². The molecule has 3 aromatic rings. The van der Waals surface area contributed by atoms with Crippen LogP contribution in [0.15, 0.2) is 62.6 Å². The second-order valence-corrected chi connectivity index (χ2v) is 6.97. The van der Waals surface area contributed by atoms with Gasteiger partial charge in [0.15, 0.2) is 0 Å². The summed E-state index contributed by atoms with van der Waals surface area (Å²) in [5, 5.41) is 0.753. The highest BCUT2D eigenvalue weighted by atomic mass is 32.2. The molecule has 4 nitrogen and oxygen atoms in total. The Bertz CT molecular complexity index is 979. The molecule has 0 saturated heterocycles. The van der Waals surface area contributed by atoms with E-state index < -0.39 is 5.63 Å². The molecule has 26 heavy (non-hydrogen) atoms. The van der Waals surface area contributed by atoms with Crippen molar-refractivity contribution in [3.63, 3.8) is 0 Å². The molecule has 0 spiro atoms. The summed E-state index contributed by atoms with van der Waals surface area (Å²) in [6.45, 7) is 1.93. The third kappa shape index (κ3) is 4.73. The van der Waals surface area contributed by atoms with Crippen molar-refractivity contribution in [3.05, 3.63) is 75.9 Å². The average molecular weight is 372 g/mol. The number of aryl methyl sites for hydroxylation is 1. The van der Waals surface area contributed by atoms with Crippen molar-refractivity contribution in [2.45, 2.75) is 24.8 Å². The standard InChI is InChI=1S/C20H17FO4S/c1-13-2-7-17-14(11-20(23)25-18(17)10-13)12-24-19(22)8-9-26-16-5-3-15(21)4-6-16/h2-7,10-11H,8-9,12H2,1H3. The lowest BCUT2D eigenvalue weighted by atomic mass is 10.1. The molecule has 0 saturated carbocycles. The van der Waals surface area contributed by atoms with Gasteiger partial charge in [0.2, 0.25) is 0 Å². The van der Waals surface area contributed by atoms with E-state index in [9.17, 15) is 14.0 Å². The number of rotatable bonds is 6. The molecule has 1 aromatic heterocycles. The second-order valence-electron chi connectivity index (χ2n) is 5.80. The number of ether oxygens (including phenoxy) is 1. The molecule has 2 aromatic carbocycles. The Hall–Kier alpha value is -2.60. The molecule has 0 N–H and O–H groups in total. The van der Waals surface area contributed by atoms with Crippen LogP contribution in [0.2, 0.25) is 0 Å². The van der Waals surface area contributed by atoms with E-state index in [0.717, 1.165) is 15.8 Å². The van der Waals surface area contributed by atoms with Crippen LogP contribution in [0.4, 0.5) is 4.39 Å². The maximum atomic E-state index is 12.8. The first-order valence-electron chi connectivity index (χ1n) is 8.08. The number of hydrogen-bond acceptors (Lipinski definition) is 5. The number of fused-ring (bicyclic) bond motifs is 1. The van der Waals surface area contributed by atoms with E-state index in [2.05, 4.69) is 0 Å². The third-order valence-electron chi connectivity index (χ3n) is 3.76. The van der Waals surface area contributed by atoms with Crippen LogP contribution in [0.3, 0.4) is 0 Å². The van der Waals surface area contributed by atoms with Gasteiger partial charge in [0.1, 0.15) is 18.0 Å². The van der Waals surface area contributed by atoms with Crippen molar-refractivity contribution >= 4 is 28.7 Å². The average Bonchev–Trinajstić information content (AvgIpc) is 2.61. The molecule has 0 fully saturated rings. The van der Waals surface area contributed by atoms with Gasteiger partial charge in [-0.3, -0.25) is 4.79 Å². The molecular weight excluding hydrogens is 355 g/mol. The molecule has 6 heteroatoms. The van der Waals surface area contributed by atoms with Crippen molar-refractivity contribution in [3.8, 4) is 0 Å². The largest absolute Gasteiger partial charge is 0.461 e. The molecule has 0 bridgehead atoms. The van der Waals surface area contributed by atoms with Crippen LogP contribution in [0.5, 0.6) is 0 Å². The van der Waals surface area contributed by atoms with E-state index in [0.29, 0.717) is 16.9 Å². The lowest BCUT2D eigenvalue weighted by Gasteiger charge is -2.08. The zero-order chi connectivity index (χ0) is 18.5. The predicted molar refractivity (Wildman–Crippen MR) is 98.8 cm³/mol. The molecule has 0 radical (unpaired) electrons. The summed E-state index contributed by atoms with van der Waals surface area (Å²) < 4.78 is 23.3. The Labute approximate surface area is 154 Å². The fourth-order valence-corrected chi connectivity index (χ4v) is 3.30. The fourth-order valence-electron chi connectivity index (χ4n) is 2.47. The number of hydrogen-bond donors (Lipinski definition) is 0. The lowest BCUT2D eigenvalue weighted by molar-refractivity contribution is -0.144. The van der Waals surface area contributed by atoms with Gasteiger partial charge in [-0.05, 0) is 42.8 Å². The second kappa shape index (κ2) is 8.19. The summed E-state index contributed by atoms with van der Waals surface area (Å²) in [5.41, 5.74) is 1.61. The first-order valence-corrected chi connectivity index (χ1v) is 9.07. The Kier molecular flexibility index (Phi) is 5.73. The SMILES string of the molecule is Cc1ccc2c(COC(=O)CCSc3ccc(F)cc3)cc(=O)oc2c1. The predicted octanol–water partition coefficient (Wildman–Crippen LogP) is 4.47. The van der Waals surface area contributed by atoms with Crippen molar-refractivity contribution < 1.29 is 18.3 Å². The fraction of sp³-hybridized carbons (Fsp3) is 0.200. The molecule has 1 heterocycles. The Morgan fingerprint density at radius 1 is 1.15 bits per heavy atom. The van der Waals surface area contributed by atoms with Crippen LogP contribution in [-0.4, -0.2) is 11.7 Å². The van der Waals surface area contributed by atoms with Crippen LogP contribution in [-0.2, 0) is 16.1 Å². The van der Waals surface area contributed by atoms with Gasteiger partial charge in [0.05, 0.1) is 6.42 Å². The summed E-state index contributed by atoms with van der Waals surface area (Å²) in [6.07, 6.45) is 0.223. The Balaban J connectivity index is 1.57. The first kappa shape index (κ1) is 18.2. The zero-order valence-corrected chi connectivity index (χ0v) is 15.0. The summed E-state index contributed by atoms with van der Waals surface area (Å²) in [4.78, 5) is 24.5. The van der Waals surface area contributed by atoms with Gasteiger partial charge < -0.3 is 9.15 Å². The van der Waals surface area contributed by atoms with E-state index in [4.69, 9.17) is 9.15 Å². The zero-order valence-electron chi connectivity index (χ0n) is 14.2. The van der Waals surface area contributed by atoms with E-state index in [1.165, 1.54) is 30.0 Å². The van der Waals surface area contributed by atoms with Gasteiger partial charge in [-0.25, -0.2) is 9.18 Å². The normalized spacial score (nSPS) is 10.8. The highest BCUT2D eigenvalue weighted by molar-refractivity contribution is 7.99. The monoisotopic (exact) mass is 372 g/mol. The van der Waals surface area contributed by atoms with Crippen LogP contribution >= 0.6 is 11.8 Å². The summed E-state index contributed by atoms with van der Waals surface area (Å²) in [6, 6.07) is 13.0. The van der Waals surface area contributed by atoms with E-state index in [-0.39, 0.29) is 24.8 Å². The van der Waals surface area contributed by atoms with Crippen LogP contribution in [0, 0.1) is 12.7 Å². The highest BCUT2D eigenvalue weighted by Crippen LogP contribution is 2.21. The topological polar surface area (TPSA) is 56.5 Å². The Morgan fingerprint density at radius 2 is 1.92 bits per heavy atom. The van der Waals surface area contributed by atoms with Gasteiger partial charge in [0, 0.05) is 27.7 Å². The summed E-state index contributed by atoms with van der Waals surface area (Å²) in [7, 11) is 0. The maximum Gasteiger partial charge on any atom is 0.336 e. The number of esters is 1. The number of carbonyl (C=O) groups is 1. The van der Waals surface area contributed by atoms with Crippen molar-refractivity contribution in [1.29, 1.82) is 0 Å². The van der Waals surface area contributed by atoms with Crippen LogP contribution < -0.4 is 5.63 Å². The number of halogens is 1. The quantitative estimate of drug-likeness (QED) is 0.363. The molecular formula is C20H17FO4S. The third-order valence-corrected chi connectivity index (χ3v) is 4.78. The van der Waals surface area contributed by atoms with E-state index in [1.807, 2.05) is 19.1 Å². The highest BCUT2D eigenvalue weighted by Gasteiger charge is 2.09. The van der Waals surface area contributed by atoms with Gasteiger partial charge in [-0.1, -0.05) is 12.1 Å². The van der Waals surface area contributed by atoms with Crippen LogP contribution in [0.25, 0.3) is 11.0 Å². The summed E-state index contributed by atoms with van der Waals surface area (Å²) >= 11 is 1.45. The van der Waals surface area contributed by atoms with Gasteiger partial charge >= 0.3 is 11.6 Å². The molecule has 134 valence electrons. The molecule has 0 amide bonds. The van der Waals surface area contributed by atoms with Crippen molar-refractivity contribution in [1.82, 2.24) is 0 Å². The summed E-state index contributed by atoms with van der Waals surface area (Å²) in [5.74, 6) is -0.113. The number of thioether (sulfide) groups is 1. The molecule has 0 aliphatic rings. The molecule has 0 unspecified atom stereocenters. The molecule has 0 aliphatic heterocycles. The number of benzene rings is 2. The van der Waals surface area contributed by atoms with E-state index in [1.54, 1.807) is 18.2 Å². The lowest BCUT2D eigenvalue weighted by Crippen LogP contribution is -2.08. The van der Waals surface area contributed by atoms with E-state index >= 15 is 0 Å². The smallest absolute Gasteiger partial charge is 0.336 e. The first-order chi connectivity index (χ1) is 12.5. The molecule has 3 rings (SSSR count). The minimum atomic E-state index is -0.471. The van der Waals surface area contributed by atoms with Gasteiger partial charge in [-0.15, -0.1) is 11.8 Å². The van der Waals surface area contributed by atoms with Crippen LogP contribution in [0.1, 0.15) is 17.5 Å². The van der Waals surface area contributed by atoms with Crippen molar-refractivity contribution in [2.24, 2.45) is 0 Å². The Morgan fingerprint density at radius 3 is 2.69 bits per heavy atom. The minimum absolute atomic E-state index is 0.0191.